The van der Waals surface area contributed by atoms with Crippen LogP contribution in [0.1, 0.15) is 37.3 Å². The first-order valence-corrected chi connectivity index (χ1v) is 5.90. The van der Waals surface area contributed by atoms with Gasteiger partial charge in [0.15, 0.2) is 0 Å². The summed E-state index contributed by atoms with van der Waals surface area (Å²) < 4.78 is 0. The van der Waals surface area contributed by atoms with Gasteiger partial charge in [0.05, 0.1) is 0 Å². The van der Waals surface area contributed by atoms with Crippen molar-refractivity contribution in [3.8, 4) is 0 Å². The maximum atomic E-state index is 10.4. The van der Waals surface area contributed by atoms with E-state index < -0.39 is 5.97 Å². The molecular weight excluding hydrogens is 212 g/mol. The predicted octanol–water partition coefficient (Wildman–Crippen LogP) is 3.99. The van der Waals surface area contributed by atoms with E-state index >= 15 is 0 Å². The van der Waals surface area contributed by atoms with Crippen molar-refractivity contribution < 1.29 is 9.90 Å². The van der Waals surface area contributed by atoms with Crippen LogP contribution in [0, 0.1) is 0 Å². The Hall–Kier alpha value is -1.83. The number of carboxylic acids is 1. The monoisotopic (exact) mass is 230 g/mol. The standard InChI is InChI=1S/C15H18O2/c1-2-3-4-5-7-13-8-6-9-14(12-13)10-11-15(16)17/h5-12H,2-4H2,1H3,(H,16,17). The van der Waals surface area contributed by atoms with Crippen molar-refractivity contribution in [3.63, 3.8) is 0 Å². The second kappa shape index (κ2) is 7.44. The highest BCUT2D eigenvalue weighted by Gasteiger charge is 1.91. The third-order valence-corrected chi connectivity index (χ3v) is 2.36. The Morgan fingerprint density at radius 3 is 2.65 bits per heavy atom. The van der Waals surface area contributed by atoms with Gasteiger partial charge in [-0.1, -0.05) is 50.1 Å². The SMILES string of the molecule is CCCCC=Cc1cccc(C=CC(=O)O)c1. The third kappa shape index (κ3) is 5.71. The Balaban J connectivity index is 2.65. The number of aliphatic carboxylic acids is 1. The van der Waals surface area contributed by atoms with Crippen LogP contribution in [-0.2, 0) is 4.79 Å². The van der Waals surface area contributed by atoms with E-state index in [-0.39, 0.29) is 0 Å². The van der Waals surface area contributed by atoms with Crippen LogP contribution in [0.25, 0.3) is 12.2 Å². The molecule has 0 atom stereocenters. The van der Waals surface area contributed by atoms with Crippen LogP contribution >= 0.6 is 0 Å². The summed E-state index contributed by atoms with van der Waals surface area (Å²) >= 11 is 0. The smallest absolute Gasteiger partial charge is 0.328 e. The third-order valence-electron chi connectivity index (χ3n) is 2.36. The lowest BCUT2D eigenvalue weighted by atomic mass is 10.1. The van der Waals surface area contributed by atoms with E-state index in [1.54, 1.807) is 6.08 Å². The van der Waals surface area contributed by atoms with Crippen LogP contribution in [0.3, 0.4) is 0 Å². The summed E-state index contributed by atoms with van der Waals surface area (Å²) in [6, 6.07) is 7.81. The molecule has 1 N–H and O–H groups in total. The summed E-state index contributed by atoms with van der Waals surface area (Å²) in [7, 11) is 0. The minimum Gasteiger partial charge on any atom is -0.478 e. The van der Waals surface area contributed by atoms with Crippen molar-refractivity contribution in [2.75, 3.05) is 0 Å². The van der Waals surface area contributed by atoms with E-state index in [0.29, 0.717) is 0 Å². The molecule has 0 spiro atoms. The Morgan fingerprint density at radius 2 is 2.00 bits per heavy atom. The molecule has 0 aromatic heterocycles. The number of unbranched alkanes of at least 4 members (excludes halogenated alkanes) is 2. The molecular formula is C15H18O2. The molecule has 17 heavy (non-hydrogen) atoms. The number of allylic oxidation sites excluding steroid dienone is 1. The van der Waals surface area contributed by atoms with E-state index in [1.165, 1.54) is 12.8 Å². The summed E-state index contributed by atoms with van der Waals surface area (Å²) in [5.74, 6) is -0.922. The summed E-state index contributed by atoms with van der Waals surface area (Å²) in [6.07, 6.45) is 10.5. The zero-order chi connectivity index (χ0) is 12.5. The Bertz CT molecular complexity index is 417. The van der Waals surface area contributed by atoms with Crippen LogP contribution in [0.5, 0.6) is 0 Å². The van der Waals surface area contributed by atoms with Crippen LogP contribution in [0.4, 0.5) is 0 Å². The van der Waals surface area contributed by atoms with Crippen LogP contribution in [0.15, 0.2) is 36.4 Å². The van der Waals surface area contributed by atoms with E-state index in [9.17, 15) is 4.79 Å². The molecule has 1 aromatic carbocycles. The Kier molecular flexibility index (Phi) is 5.80. The lowest BCUT2D eigenvalue weighted by Gasteiger charge is -1.96. The number of rotatable bonds is 6. The van der Waals surface area contributed by atoms with Crippen molar-refractivity contribution >= 4 is 18.1 Å². The zero-order valence-electron chi connectivity index (χ0n) is 10.1. The van der Waals surface area contributed by atoms with Crippen LogP contribution < -0.4 is 0 Å². The second-order valence-electron chi connectivity index (χ2n) is 3.89. The molecule has 2 heteroatoms. The van der Waals surface area contributed by atoms with E-state index in [1.807, 2.05) is 24.3 Å². The molecule has 0 aliphatic heterocycles. The second-order valence-corrected chi connectivity index (χ2v) is 3.89. The fraction of sp³-hybridized carbons (Fsp3) is 0.267. The van der Waals surface area contributed by atoms with Gasteiger partial charge >= 0.3 is 5.97 Å². The number of carboxylic acid groups (broad SMARTS) is 1. The van der Waals surface area contributed by atoms with Crippen molar-refractivity contribution in [3.05, 3.63) is 47.5 Å². The molecule has 2 nitrogen and oxygen atoms in total. The van der Waals surface area contributed by atoms with Crippen molar-refractivity contribution in [2.45, 2.75) is 26.2 Å². The average Bonchev–Trinajstić information content (AvgIpc) is 2.33. The Morgan fingerprint density at radius 1 is 1.29 bits per heavy atom. The van der Waals surface area contributed by atoms with Crippen molar-refractivity contribution in [2.24, 2.45) is 0 Å². The molecule has 0 fully saturated rings. The quantitative estimate of drug-likeness (QED) is 0.592. The molecule has 0 amide bonds. The summed E-state index contributed by atoms with van der Waals surface area (Å²) in [6.45, 7) is 2.17. The predicted molar refractivity (Wildman–Crippen MR) is 71.7 cm³/mol. The number of carbonyl (C=O) groups is 1. The Labute approximate surface area is 102 Å². The fourth-order valence-corrected chi connectivity index (χ4v) is 1.48. The molecule has 0 unspecified atom stereocenters. The van der Waals surface area contributed by atoms with Crippen molar-refractivity contribution in [1.82, 2.24) is 0 Å². The lowest BCUT2D eigenvalue weighted by Crippen LogP contribution is -1.85. The van der Waals surface area contributed by atoms with Gasteiger partial charge in [-0.2, -0.15) is 0 Å². The van der Waals surface area contributed by atoms with Gasteiger partial charge in [-0.25, -0.2) is 4.79 Å². The number of hydrogen-bond donors (Lipinski definition) is 1. The number of benzene rings is 1. The molecule has 0 aliphatic carbocycles. The highest BCUT2D eigenvalue weighted by atomic mass is 16.4. The van der Waals surface area contributed by atoms with Gasteiger partial charge in [-0.3, -0.25) is 0 Å². The van der Waals surface area contributed by atoms with Crippen molar-refractivity contribution in [1.29, 1.82) is 0 Å². The molecule has 0 bridgehead atoms. The molecule has 90 valence electrons. The first kappa shape index (κ1) is 13.2. The van der Waals surface area contributed by atoms with Gasteiger partial charge < -0.3 is 5.11 Å². The fourth-order valence-electron chi connectivity index (χ4n) is 1.48. The molecule has 0 radical (unpaired) electrons. The van der Waals surface area contributed by atoms with Crippen LogP contribution in [0.2, 0.25) is 0 Å². The van der Waals surface area contributed by atoms with E-state index in [2.05, 4.69) is 19.1 Å². The highest BCUT2D eigenvalue weighted by molar-refractivity contribution is 5.85. The van der Waals surface area contributed by atoms with Gasteiger partial charge in [-0.05, 0) is 29.7 Å². The minimum absolute atomic E-state index is 0.907. The van der Waals surface area contributed by atoms with E-state index in [4.69, 9.17) is 5.11 Å². The van der Waals surface area contributed by atoms with Gasteiger partial charge in [0.2, 0.25) is 0 Å². The average molecular weight is 230 g/mol. The minimum atomic E-state index is -0.922. The zero-order valence-corrected chi connectivity index (χ0v) is 10.1. The molecule has 0 aliphatic rings. The van der Waals surface area contributed by atoms with Gasteiger partial charge in [0.1, 0.15) is 0 Å². The molecule has 1 aromatic rings. The normalized spacial score (nSPS) is 11.4. The molecule has 1 rings (SSSR count). The topological polar surface area (TPSA) is 37.3 Å². The highest BCUT2D eigenvalue weighted by Crippen LogP contribution is 2.09. The summed E-state index contributed by atoms with van der Waals surface area (Å²) in [5.41, 5.74) is 2.01. The maximum Gasteiger partial charge on any atom is 0.328 e. The van der Waals surface area contributed by atoms with E-state index in [0.717, 1.165) is 23.6 Å². The molecule has 0 heterocycles. The van der Waals surface area contributed by atoms with Gasteiger partial charge in [0.25, 0.3) is 0 Å². The van der Waals surface area contributed by atoms with Gasteiger partial charge in [-0.15, -0.1) is 0 Å². The number of hydrogen-bond acceptors (Lipinski definition) is 1. The summed E-state index contributed by atoms with van der Waals surface area (Å²) in [5, 5.41) is 8.54. The summed E-state index contributed by atoms with van der Waals surface area (Å²) in [4.78, 5) is 10.4. The molecule has 0 saturated heterocycles. The first-order chi connectivity index (χ1) is 8.22. The largest absolute Gasteiger partial charge is 0.478 e. The first-order valence-electron chi connectivity index (χ1n) is 5.90. The molecule has 0 saturated carbocycles. The maximum absolute atomic E-state index is 10.4. The van der Waals surface area contributed by atoms with Gasteiger partial charge in [0, 0.05) is 6.08 Å². The lowest BCUT2D eigenvalue weighted by molar-refractivity contribution is -0.131. The van der Waals surface area contributed by atoms with Crippen LogP contribution in [-0.4, -0.2) is 11.1 Å².